The zero-order chi connectivity index (χ0) is 20.6. The van der Waals surface area contributed by atoms with Crippen molar-refractivity contribution in [2.24, 2.45) is 0 Å². The number of halogens is 4. The summed E-state index contributed by atoms with van der Waals surface area (Å²) in [4.78, 5) is 18.1. The van der Waals surface area contributed by atoms with Gasteiger partial charge in [0.25, 0.3) is 0 Å². The van der Waals surface area contributed by atoms with Crippen molar-refractivity contribution in [1.82, 2.24) is 29.4 Å². The van der Waals surface area contributed by atoms with Crippen molar-refractivity contribution in [3.8, 4) is 0 Å². The van der Waals surface area contributed by atoms with Crippen LogP contribution in [0.2, 0.25) is 0 Å². The summed E-state index contributed by atoms with van der Waals surface area (Å²) in [6.07, 6.45) is 1.18. The zero-order valence-electron chi connectivity index (χ0n) is 15.2. The number of nitrogens with one attached hydrogen (secondary N) is 1. The number of nitrogens with zero attached hydrogens (tertiary/aromatic N) is 5. The van der Waals surface area contributed by atoms with E-state index in [4.69, 9.17) is 0 Å². The Morgan fingerprint density at radius 1 is 1.21 bits per heavy atom. The minimum atomic E-state index is -4.47. The van der Waals surface area contributed by atoms with Gasteiger partial charge in [-0.3, -0.25) is 4.68 Å². The van der Waals surface area contributed by atoms with E-state index < -0.39 is 17.7 Å². The van der Waals surface area contributed by atoms with Crippen LogP contribution in [-0.4, -0.2) is 43.2 Å². The molecule has 11 heteroatoms. The van der Waals surface area contributed by atoms with Crippen molar-refractivity contribution in [3.05, 3.63) is 54.0 Å². The van der Waals surface area contributed by atoms with Crippen molar-refractivity contribution >= 4 is 11.7 Å². The highest BCUT2D eigenvalue weighted by Crippen LogP contribution is 2.29. The van der Waals surface area contributed by atoms with Crippen LogP contribution in [0.4, 0.5) is 22.4 Å². The molecule has 1 aliphatic rings. The van der Waals surface area contributed by atoms with Crippen molar-refractivity contribution in [2.45, 2.75) is 31.6 Å². The largest absolute Gasteiger partial charge is 0.435 e. The molecule has 0 bridgehead atoms. The van der Waals surface area contributed by atoms with Crippen LogP contribution in [0.5, 0.6) is 0 Å². The van der Waals surface area contributed by atoms with E-state index in [1.807, 2.05) is 0 Å². The SMILES string of the molecule is O=C(NCc1cn2cccc(F)c2n1)N1CCC(n2ccc(C(F)(F)F)n2)CC1. The number of imidazole rings is 1. The van der Waals surface area contributed by atoms with Crippen LogP contribution >= 0.6 is 0 Å². The van der Waals surface area contributed by atoms with Crippen LogP contribution in [0, 0.1) is 5.82 Å². The van der Waals surface area contributed by atoms with Gasteiger partial charge < -0.3 is 14.6 Å². The van der Waals surface area contributed by atoms with Crippen LogP contribution in [0.15, 0.2) is 36.8 Å². The minimum Gasteiger partial charge on any atom is -0.332 e. The molecule has 1 saturated heterocycles. The molecule has 0 radical (unpaired) electrons. The summed E-state index contributed by atoms with van der Waals surface area (Å²) < 4.78 is 54.6. The molecule has 2 amide bonds. The molecule has 3 aromatic heterocycles. The number of aromatic nitrogens is 4. The monoisotopic (exact) mass is 410 g/mol. The first-order valence-electron chi connectivity index (χ1n) is 9.08. The molecule has 1 fully saturated rings. The molecule has 0 aliphatic carbocycles. The second-order valence-corrected chi connectivity index (χ2v) is 6.87. The first-order valence-corrected chi connectivity index (χ1v) is 9.08. The Balaban J connectivity index is 1.30. The fourth-order valence-electron chi connectivity index (χ4n) is 3.42. The number of pyridine rings is 1. The molecule has 3 aromatic rings. The predicted octanol–water partition coefficient (Wildman–Crippen LogP) is 3.24. The zero-order valence-corrected chi connectivity index (χ0v) is 15.2. The van der Waals surface area contributed by atoms with E-state index in [-0.39, 0.29) is 24.3 Å². The lowest BCUT2D eigenvalue weighted by atomic mass is 10.1. The van der Waals surface area contributed by atoms with Gasteiger partial charge in [-0.15, -0.1) is 0 Å². The number of fused-ring (bicyclic) bond motifs is 1. The number of urea groups is 1. The summed E-state index contributed by atoms with van der Waals surface area (Å²) in [7, 11) is 0. The molecule has 7 nitrogen and oxygen atoms in total. The second-order valence-electron chi connectivity index (χ2n) is 6.87. The summed E-state index contributed by atoms with van der Waals surface area (Å²) in [5.74, 6) is -0.445. The minimum absolute atomic E-state index is 0.147. The molecule has 29 heavy (non-hydrogen) atoms. The number of alkyl halides is 3. The Labute approximate surface area is 162 Å². The molecule has 0 spiro atoms. The molecule has 0 unspecified atom stereocenters. The van der Waals surface area contributed by atoms with Gasteiger partial charge in [-0.05, 0) is 31.0 Å². The van der Waals surface area contributed by atoms with Gasteiger partial charge in [-0.1, -0.05) is 0 Å². The van der Waals surface area contributed by atoms with Gasteiger partial charge in [0.15, 0.2) is 17.2 Å². The maximum atomic E-state index is 13.7. The highest BCUT2D eigenvalue weighted by Gasteiger charge is 2.34. The molecule has 0 atom stereocenters. The van der Waals surface area contributed by atoms with Gasteiger partial charge in [0.05, 0.1) is 18.3 Å². The molecular weight excluding hydrogens is 392 g/mol. The number of likely N-dealkylation sites (tertiary alicyclic amines) is 1. The highest BCUT2D eigenvalue weighted by molar-refractivity contribution is 5.74. The molecule has 1 aliphatic heterocycles. The number of rotatable bonds is 3. The lowest BCUT2D eigenvalue weighted by Crippen LogP contribution is -2.44. The standard InChI is InChI=1S/C18H18F4N6O/c19-14-2-1-6-27-11-12(24-16(14)27)10-23-17(29)26-7-3-13(4-8-26)28-9-5-15(25-28)18(20,21)22/h1-2,5-6,9,11,13H,3-4,7-8,10H2,(H,23,29). The van der Waals surface area contributed by atoms with E-state index in [0.717, 1.165) is 6.07 Å². The van der Waals surface area contributed by atoms with E-state index in [2.05, 4.69) is 15.4 Å². The average molecular weight is 410 g/mol. The smallest absolute Gasteiger partial charge is 0.332 e. The maximum Gasteiger partial charge on any atom is 0.435 e. The molecule has 1 N–H and O–H groups in total. The van der Waals surface area contributed by atoms with Gasteiger partial charge in [0, 0.05) is 31.7 Å². The van der Waals surface area contributed by atoms with Gasteiger partial charge in [0.1, 0.15) is 0 Å². The predicted molar refractivity (Wildman–Crippen MR) is 94.5 cm³/mol. The van der Waals surface area contributed by atoms with E-state index in [1.165, 1.54) is 16.9 Å². The van der Waals surface area contributed by atoms with Crippen molar-refractivity contribution in [3.63, 3.8) is 0 Å². The number of carbonyl (C=O) groups is 1. The van der Waals surface area contributed by atoms with E-state index in [9.17, 15) is 22.4 Å². The third kappa shape index (κ3) is 4.03. The number of hydrogen-bond acceptors (Lipinski definition) is 3. The van der Waals surface area contributed by atoms with Crippen LogP contribution in [0.3, 0.4) is 0 Å². The van der Waals surface area contributed by atoms with Crippen LogP contribution in [-0.2, 0) is 12.7 Å². The number of hydrogen-bond donors (Lipinski definition) is 1. The van der Waals surface area contributed by atoms with Crippen LogP contribution in [0.25, 0.3) is 5.65 Å². The van der Waals surface area contributed by atoms with E-state index >= 15 is 0 Å². The summed E-state index contributed by atoms with van der Waals surface area (Å²) in [6.45, 7) is 0.947. The fourth-order valence-corrected chi connectivity index (χ4v) is 3.42. The fraction of sp³-hybridized carbons (Fsp3) is 0.389. The quantitative estimate of drug-likeness (QED) is 0.675. The van der Waals surface area contributed by atoms with E-state index in [0.29, 0.717) is 31.6 Å². The second kappa shape index (κ2) is 7.37. The Hall–Kier alpha value is -3.11. The Morgan fingerprint density at radius 3 is 2.62 bits per heavy atom. The highest BCUT2D eigenvalue weighted by atomic mass is 19.4. The number of piperidine rings is 1. The molecule has 154 valence electrons. The third-order valence-corrected chi connectivity index (χ3v) is 4.93. The topological polar surface area (TPSA) is 67.5 Å². The van der Waals surface area contributed by atoms with Crippen LogP contribution < -0.4 is 5.32 Å². The Morgan fingerprint density at radius 2 is 1.97 bits per heavy atom. The number of carbonyl (C=O) groups excluding carboxylic acids is 1. The summed E-state index contributed by atoms with van der Waals surface area (Å²) in [5.41, 5.74) is -0.203. The molecule has 0 aromatic carbocycles. The van der Waals surface area contributed by atoms with Crippen molar-refractivity contribution < 1.29 is 22.4 Å². The van der Waals surface area contributed by atoms with Crippen molar-refractivity contribution in [2.75, 3.05) is 13.1 Å². The summed E-state index contributed by atoms with van der Waals surface area (Å²) in [6, 6.07) is 3.35. The van der Waals surface area contributed by atoms with Crippen molar-refractivity contribution in [1.29, 1.82) is 0 Å². The first-order chi connectivity index (χ1) is 13.8. The van der Waals surface area contributed by atoms with Gasteiger partial charge in [0.2, 0.25) is 0 Å². The Bertz CT molecular complexity index is 1020. The molecule has 4 heterocycles. The normalized spacial score (nSPS) is 15.8. The summed E-state index contributed by atoms with van der Waals surface area (Å²) in [5, 5.41) is 6.36. The third-order valence-electron chi connectivity index (χ3n) is 4.93. The molecule has 4 rings (SSSR count). The van der Waals surface area contributed by atoms with Gasteiger partial charge in [-0.25, -0.2) is 14.2 Å². The molecule has 0 saturated carbocycles. The van der Waals surface area contributed by atoms with Crippen LogP contribution in [0.1, 0.15) is 30.3 Å². The maximum absolute atomic E-state index is 13.7. The molecular formula is C18H18F4N6O. The Kier molecular flexibility index (Phi) is 4.89. The lowest BCUT2D eigenvalue weighted by Gasteiger charge is -2.32. The lowest BCUT2D eigenvalue weighted by molar-refractivity contribution is -0.141. The number of amides is 2. The first kappa shape index (κ1) is 19.2. The average Bonchev–Trinajstić information content (AvgIpc) is 3.34. The van der Waals surface area contributed by atoms with E-state index in [1.54, 1.807) is 27.8 Å². The summed E-state index contributed by atoms with van der Waals surface area (Å²) >= 11 is 0. The van der Waals surface area contributed by atoms with Gasteiger partial charge in [-0.2, -0.15) is 18.3 Å². The van der Waals surface area contributed by atoms with Gasteiger partial charge >= 0.3 is 12.2 Å².